The molecular formula is C14H16ClF3N2. The molecule has 1 N–H and O–H groups in total. The van der Waals surface area contributed by atoms with E-state index in [4.69, 9.17) is 16.9 Å². The summed E-state index contributed by atoms with van der Waals surface area (Å²) < 4.78 is 38.7. The predicted octanol–water partition coefficient (Wildman–Crippen LogP) is 5.10. The Balaban J connectivity index is 2.86. The Morgan fingerprint density at radius 1 is 1.30 bits per heavy atom. The number of hydrogen-bond donors (Lipinski definition) is 1. The van der Waals surface area contributed by atoms with Crippen molar-refractivity contribution in [2.75, 3.05) is 11.9 Å². The van der Waals surface area contributed by atoms with Crippen LogP contribution in [0.3, 0.4) is 0 Å². The molecule has 0 saturated carbocycles. The number of nitrogens with one attached hydrogen (secondary N) is 1. The van der Waals surface area contributed by atoms with Crippen molar-refractivity contribution in [3.63, 3.8) is 0 Å². The number of hydrogen-bond acceptors (Lipinski definition) is 2. The van der Waals surface area contributed by atoms with Gasteiger partial charge >= 0.3 is 6.18 Å². The molecule has 1 aromatic rings. The molecule has 2 nitrogen and oxygen atoms in total. The summed E-state index contributed by atoms with van der Waals surface area (Å²) in [6, 6.07) is 5.69. The molecule has 0 saturated heterocycles. The number of nitriles is 1. The van der Waals surface area contributed by atoms with Crippen LogP contribution < -0.4 is 5.32 Å². The van der Waals surface area contributed by atoms with E-state index >= 15 is 0 Å². The molecule has 1 aromatic carbocycles. The molecule has 0 aliphatic carbocycles. The lowest BCUT2D eigenvalue weighted by molar-refractivity contribution is -0.137. The van der Waals surface area contributed by atoms with Gasteiger partial charge in [-0.05, 0) is 30.0 Å². The molecule has 6 heteroatoms. The predicted molar refractivity (Wildman–Crippen MR) is 73.6 cm³/mol. The Morgan fingerprint density at radius 2 is 1.95 bits per heavy atom. The van der Waals surface area contributed by atoms with Crippen molar-refractivity contribution in [1.82, 2.24) is 0 Å². The fourth-order valence-electron chi connectivity index (χ4n) is 1.72. The van der Waals surface area contributed by atoms with E-state index in [0.717, 1.165) is 6.07 Å². The molecule has 0 spiro atoms. The topological polar surface area (TPSA) is 35.8 Å². The number of anilines is 1. The summed E-state index contributed by atoms with van der Waals surface area (Å²) >= 11 is 5.62. The van der Waals surface area contributed by atoms with Crippen LogP contribution in [0.2, 0.25) is 5.02 Å². The van der Waals surface area contributed by atoms with E-state index in [1.165, 1.54) is 12.1 Å². The lowest BCUT2D eigenvalue weighted by atomic mass is 9.88. The summed E-state index contributed by atoms with van der Waals surface area (Å²) in [6.45, 7) is 4.15. The van der Waals surface area contributed by atoms with Gasteiger partial charge in [0, 0.05) is 23.7 Å². The van der Waals surface area contributed by atoms with Crippen molar-refractivity contribution < 1.29 is 13.2 Å². The fraction of sp³-hybridized carbons (Fsp3) is 0.500. The highest BCUT2D eigenvalue weighted by atomic mass is 35.5. The molecule has 110 valence electrons. The lowest BCUT2D eigenvalue weighted by Crippen LogP contribution is -2.24. The van der Waals surface area contributed by atoms with Crippen LogP contribution in [0.15, 0.2) is 18.2 Å². The summed E-state index contributed by atoms with van der Waals surface area (Å²) in [5.41, 5.74) is -1.04. The zero-order valence-corrected chi connectivity index (χ0v) is 12.1. The molecule has 0 aliphatic heterocycles. The Bertz CT molecular complexity index is 504. The number of rotatable bonds is 5. The SMILES string of the molecule is CC(C)(CCC#N)CNc1ccc(Cl)cc1C(F)(F)F. The van der Waals surface area contributed by atoms with Gasteiger partial charge in [0.05, 0.1) is 11.6 Å². The fourth-order valence-corrected chi connectivity index (χ4v) is 1.89. The van der Waals surface area contributed by atoms with E-state index in [2.05, 4.69) is 5.32 Å². The largest absolute Gasteiger partial charge is 0.418 e. The average molecular weight is 305 g/mol. The average Bonchev–Trinajstić information content (AvgIpc) is 2.34. The third-order valence-electron chi connectivity index (χ3n) is 2.96. The van der Waals surface area contributed by atoms with Gasteiger partial charge in [-0.15, -0.1) is 0 Å². The number of benzene rings is 1. The van der Waals surface area contributed by atoms with E-state index in [9.17, 15) is 13.2 Å². The van der Waals surface area contributed by atoms with Crippen LogP contribution >= 0.6 is 11.6 Å². The van der Waals surface area contributed by atoms with E-state index in [1.807, 2.05) is 19.9 Å². The summed E-state index contributed by atoms with van der Waals surface area (Å²) in [5.74, 6) is 0. The standard InChI is InChI=1S/C14H16ClF3N2/c1-13(2,6-3-7-19)9-20-12-5-4-10(15)8-11(12)14(16,17)18/h4-5,8,20H,3,6,9H2,1-2H3. The van der Waals surface area contributed by atoms with E-state index in [0.29, 0.717) is 19.4 Å². The second-order valence-electron chi connectivity index (χ2n) is 5.36. The zero-order chi connectivity index (χ0) is 15.4. The summed E-state index contributed by atoms with van der Waals surface area (Å²) in [4.78, 5) is 0. The first-order valence-electron chi connectivity index (χ1n) is 6.13. The van der Waals surface area contributed by atoms with Crippen molar-refractivity contribution in [2.24, 2.45) is 5.41 Å². The number of nitrogens with zero attached hydrogens (tertiary/aromatic N) is 1. The van der Waals surface area contributed by atoms with Gasteiger partial charge in [0.15, 0.2) is 0 Å². The molecule has 0 atom stereocenters. The van der Waals surface area contributed by atoms with Gasteiger partial charge in [0.1, 0.15) is 0 Å². The summed E-state index contributed by atoms with van der Waals surface area (Å²) in [5, 5.41) is 11.4. The monoisotopic (exact) mass is 304 g/mol. The maximum absolute atomic E-state index is 12.9. The van der Waals surface area contributed by atoms with E-state index in [1.54, 1.807) is 0 Å². The molecule has 0 bridgehead atoms. The molecule has 0 radical (unpaired) electrons. The van der Waals surface area contributed by atoms with E-state index in [-0.39, 0.29) is 16.1 Å². The Labute approximate surface area is 121 Å². The minimum atomic E-state index is -4.45. The Hall–Kier alpha value is -1.41. The van der Waals surface area contributed by atoms with Gasteiger partial charge < -0.3 is 5.32 Å². The van der Waals surface area contributed by atoms with Gasteiger partial charge in [-0.25, -0.2) is 0 Å². The molecule has 0 aromatic heterocycles. The maximum atomic E-state index is 12.9. The molecule has 0 unspecified atom stereocenters. The highest BCUT2D eigenvalue weighted by Gasteiger charge is 2.34. The van der Waals surface area contributed by atoms with Crippen molar-refractivity contribution >= 4 is 17.3 Å². The molecule has 20 heavy (non-hydrogen) atoms. The first-order valence-corrected chi connectivity index (χ1v) is 6.51. The first-order chi connectivity index (χ1) is 9.15. The summed E-state index contributed by atoms with van der Waals surface area (Å²) in [7, 11) is 0. The normalized spacial score (nSPS) is 12.1. The van der Waals surface area contributed by atoms with Crippen LogP contribution in [-0.2, 0) is 6.18 Å². The molecular weight excluding hydrogens is 289 g/mol. The molecule has 0 amide bonds. The minimum absolute atomic E-state index is 0.00642. The quantitative estimate of drug-likeness (QED) is 0.821. The van der Waals surface area contributed by atoms with Gasteiger partial charge in [-0.2, -0.15) is 18.4 Å². The van der Waals surface area contributed by atoms with Gasteiger partial charge in [0.2, 0.25) is 0 Å². The van der Waals surface area contributed by atoms with Crippen molar-refractivity contribution in [2.45, 2.75) is 32.9 Å². The Morgan fingerprint density at radius 3 is 2.50 bits per heavy atom. The van der Waals surface area contributed by atoms with Crippen molar-refractivity contribution in [3.05, 3.63) is 28.8 Å². The smallest absolute Gasteiger partial charge is 0.384 e. The van der Waals surface area contributed by atoms with Crippen LogP contribution in [0.25, 0.3) is 0 Å². The summed E-state index contributed by atoms with van der Waals surface area (Å²) in [6.07, 6.45) is -3.46. The van der Waals surface area contributed by atoms with Crippen LogP contribution in [0.4, 0.5) is 18.9 Å². The van der Waals surface area contributed by atoms with Gasteiger partial charge in [-0.3, -0.25) is 0 Å². The van der Waals surface area contributed by atoms with Crippen molar-refractivity contribution in [1.29, 1.82) is 5.26 Å². The van der Waals surface area contributed by atoms with Gasteiger partial charge in [0.25, 0.3) is 0 Å². The molecule has 0 aliphatic rings. The second kappa shape index (κ2) is 6.36. The second-order valence-corrected chi connectivity index (χ2v) is 5.80. The highest BCUT2D eigenvalue weighted by Crippen LogP contribution is 2.37. The minimum Gasteiger partial charge on any atom is -0.384 e. The lowest BCUT2D eigenvalue weighted by Gasteiger charge is -2.25. The van der Waals surface area contributed by atoms with Crippen LogP contribution in [0.1, 0.15) is 32.3 Å². The first kappa shape index (κ1) is 16.6. The maximum Gasteiger partial charge on any atom is 0.418 e. The molecule has 1 rings (SSSR count). The Kier molecular flexibility index (Phi) is 5.29. The molecule has 0 heterocycles. The third-order valence-corrected chi connectivity index (χ3v) is 3.19. The van der Waals surface area contributed by atoms with Crippen LogP contribution in [-0.4, -0.2) is 6.54 Å². The highest BCUT2D eigenvalue weighted by molar-refractivity contribution is 6.30. The van der Waals surface area contributed by atoms with E-state index < -0.39 is 11.7 Å². The third kappa shape index (κ3) is 4.93. The van der Waals surface area contributed by atoms with Crippen LogP contribution in [0.5, 0.6) is 0 Å². The van der Waals surface area contributed by atoms with Crippen molar-refractivity contribution in [3.8, 4) is 6.07 Å². The number of alkyl halides is 3. The van der Waals surface area contributed by atoms with Crippen LogP contribution in [0, 0.1) is 16.7 Å². The van der Waals surface area contributed by atoms with Gasteiger partial charge in [-0.1, -0.05) is 25.4 Å². The molecule has 0 fully saturated rings. The zero-order valence-electron chi connectivity index (χ0n) is 11.3. The number of halogens is 4.